The van der Waals surface area contributed by atoms with Crippen LogP contribution in [0.2, 0.25) is 0 Å². The smallest absolute Gasteiger partial charge is 0.258 e. The van der Waals surface area contributed by atoms with Gasteiger partial charge < -0.3 is 9.47 Å². The predicted octanol–water partition coefficient (Wildman–Crippen LogP) is 4.26. The van der Waals surface area contributed by atoms with E-state index < -0.39 is 15.7 Å². The first-order chi connectivity index (χ1) is 14.4. The number of carbonyl (C=O) groups excluding carboxylic acids is 1. The standard InChI is InChI=1S/C21H22N2O5S2/c1-4-11-30(25,26)19-8-6-5-7-15(19)20(24)23-21-22-17(13-29-21)16-12-14(27-2)9-10-18(16)28-3/h5-10,12-13H,4,11H2,1-3H3,(H,22,23,24). The molecule has 0 unspecified atom stereocenters. The lowest BCUT2D eigenvalue weighted by molar-refractivity contribution is 0.102. The zero-order chi connectivity index (χ0) is 21.7. The summed E-state index contributed by atoms with van der Waals surface area (Å²) in [5.41, 5.74) is 1.43. The van der Waals surface area contributed by atoms with E-state index in [2.05, 4.69) is 10.3 Å². The number of sulfone groups is 1. The number of nitrogens with zero attached hydrogens (tertiary/aromatic N) is 1. The molecule has 158 valence electrons. The number of anilines is 1. The van der Waals surface area contributed by atoms with Gasteiger partial charge in [0.15, 0.2) is 15.0 Å². The number of thiazole rings is 1. The molecule has 0 saturated heterocycles. The van der Waals surface area contributed by atoms with Crippen molar-refractivity contribution >= 4 is 32.2 Å². The summed E-state index contributed by atoms with van der Waals surface area (Å²) in [7, 11) is -0.406. The van der Waals surface area contributed by atoms with Crippen molar-refractivity contribution in [2.45, 2.75) is 18.2 Å². The van der Waals surface area contributed by atoms with Crippen molar-refractivity contribution in [3.63, 3.8) is 0 Å². The minimum Gasteiger partial charge on any atom is -0.497 e. The molecular weight excluding hydrogens is 424 g/mol. The van der Waals surface area contributed by atoms with E-state index in [4.69, 9.17) is 9.47 Å². The first-order valence-corrected chi connectivity index (χ1v) is 11.7. The van der Waals surface area contributed by atoms with Crippen LogP contribution in [0.5, 0.6) is 11.5 Å². The molecule has 3 aromatic rings. The van der Waals surface area contributed by atoms with Crippen molar-refractivity contribution in [1.29, 1.82) is 0 Å². The summed E-state index contributed by atoms with van der Waals surface area (Å²) in [5.74, 6) is 0.729. The van der Waals surface area contributed by atoms with Gasteiger partial charge in [0.1, 0.15) is 11.5 Å². The summed E-state index contributed by atoms with van der Waals surface area (Å²) in [6.07, 6.45) is 0.469. The van der Waals surface area contributed by atoms with Crippen LogP contribution < -0.4 is 14.8 Å². The van der Waals surface area contributed by atoms with Crippen LogP contribution in [0.4, 0.5) is 5.13 Å². The molecule has 1 N–H and O–H groups in total. The van der Waals surface area contributed by atoms with Gasteiger partial charge in [-0.3, -0.25) is 10.1 Å². The van der Waals surface area contributed by atoms with Crippen LogP contribution in [0.25, 0.3) is 11.3 Å². The van der Waals surface area contributed by atoms with E-state index >= 15 is 0 Å². The number of hydrogen-bond acceptors (Lipinski definition) is 7. The second kappa shape index (κ2) is 9.27. The molecule has 3 rings (SSSR count). The lowest BCUT2D eigenvalue weighted by Crippen LogP contribution is -2.17. The molecule has 1 aromatic heterocycles. The Hall–Kier alpha value is -2.91. The number of benzene rings is 2. The average molecular weight is 447 g/mol. The molecule has 0 radical (unpaired) electrons. The summed E-state index contributed by atoms with van der Waals surface area (Å²) < 4.78 is 35.7. The van der Waals surface area contributed by atoms with Crippen LogP contribution in [0.1, 0.15) is 23.7 Å². The topological polar surface area (TPSA) is 94.6 Å². The van der Waals surface area contributed by atoms with Gasteiger partial charge >= 0.3 is 0 Å². The second-order valence-electron chi connectivity index (χ2n) is 6.37. The van der Waals surface area contributed by atoms with Crippen molar-refractivity contribution in [3.8, 4) is 22.8 Å². The number of rotatable bonds is 8. The monoisotopic (exact) mass is 446 g/mol. The highest BCUT2D eigenvalue weighted by molar-refractivity contribution is 7.91. The maximum Gasteiger partial charge on any atom is 0.258 e. The summed E-state index contributed by atoms with van der Waals surface area (Å²) in [4.78, 5) is 17.3. The Labute approximate surface area is 179 Å². The highest BCUT2D eigenvalue weighted by atomic mass is 32.2. The first-order valence-electron chi connectivity index (χ1n) is 9.20. The van der Waals surface area contributed by atoms with Crippen LogP contribution in [-0.2, 0) is 9.84 Å². The molecule has 30 heavy (non-hydrogen) atoms. The van der Waals surface area contributed by atoms with Gasteiger partial charge in [-0.2, -0.15) is 0 Å². The van der Waals surface area contributed by atoms with Gasteiger partial charge in [-0.05, 0) is 36.8 Å². The molecule has 7 nitrogen and oxygen atoms in total. The van der Waals surface area contributed by atoms with Gasteiger partial charge in [-0.1, -0.05) is 19.1 Å². The number of ether oxygens (including phenoxy) is 2. The second-order valence-corrected chi connectivity index (χ2v) is 9.31. The summed E-state index contributed by atoms with van der Waals surface area (Å²) in [5, 5.41) is 4.83. The molecule has 0 fully saturated rings. The third-order valence-corrected chi connectivity index (χ3v) is 7.08. The highest BCUT2D eigenvalue weighted by Crippen LogP contribution is 2.35. The lowest BCUT2D eigenvalue weighted by atomic mass is 10.1. The molecular formula is C21H22N2O5S2. The minimum absolute atomic E-state index is 0.0195. The molecule has 0 atom stereocenters. The molecule has 0 spiro atoms. The normalized spacial score (nSPS) is 11.2. The summed E-state index contributed by atoms with van der Waals surface area (Å²) in [6.45, 7) is 1.78. The van der Waals surface area contributed by atoms with E-state index in [1.807, 2.05) is 0 Å². The Morgan fingerprint density at radius 1 is 1.13 bits per heavy atom. The lowest BCUT2D eigenvalue weighted by Gasteiger charge is -2.09. The predicted molar refractivity (Wildman–Crippen MR) is 117 cm³/mol. The Morgan fingerprint density at radius 2 is 1.90 bits per heavy atom. The van der Waals surface area contributed by atoms with Crippen LogP contribution in [0.15, 0.2) is 52.7 Å². The number of amides is 1. The highest BCUT2D eigenvalue weighted by Gasteiger charge is 2.22. The van der Waals surface area contributed by atoms with Gasteiger partial charge in [0, 0.05) is 10.9 Å². The Kier molecular flexibility index (Phi) is 6.73. The van der Waals surface area contributed by atoms with Crippen molar-refractivity contribution in [1.82, 2.24) is 4.98 Å². The molecule has 9 heteroatoms. The van der Waals surface area contributed by atoms with E-state index in [0.717, 1.165) is 5.56 Å². The molecule has 0 aliphatic rings. The summed E-state index contributed by atoms with van der Waals surface area (Å²) in [6, 6.07) is 11.5. The number of aromatic nitrogens is 1. The Bertz CT molecular complexity index is 1160. The van der Waals surface area contributed by atoms with Crippen LogP contribution in [-0.4, -0.2) is 39.3 Å². The number of methoxy groups -OCH3 is 2. The molecule has 2 aromatic carbocycles. The van der Waals surface area contributed by atoms with Gasteiger partial charge in [-0.15, -0.1) is 11.3 Å². The fourth-order valence-corrected chi connectivity index (χ4v) is 5.18. The van der Waals surface area contributed by atoms with Crippen molar-refractivity contribution < 1.29 is 22.7 Å². The van der Waals surface area contributed by atoms with E-state index in [0.29, 0.717) is 28.7 Å². The third-order valence-electron chi connectivity index (χ3n) is 4.35. The van der Waals surface area contributed by atoms with Crippen LogP contribution >= 0.6 is 11.3 Å². The van der Waals surface area contributed by atoms with Crippen molar-refractivity contribution in [2.75, 3.05) is 25.3 Å². The van der Waals surface area contributed by atoms with Gasteiger partial charge in [0.25, 0.3) is 5.91 Å². The molecule has 0 saturated carbocycles. The fraction of sp³-hybridized carbons (Fsp3) is 0.238. The van der Waals surface area contributed by atoms with Crippen molar-refractivity contribution in [2.24, 2.45) is 0 Å². The van der Waals surface area contributed by atoms with E-state index in [1.54, 1.807) is 56.9 Å². The Morgan fingerprint density at radius 3 is 2.60 bits per heavy atom. The maximum absolute atomic E-state index is 12.8. The van der Waals surface area contributed by atoms with Gasteiger partial charge in [0.05, 0.1) is 36.1 Å². The zero-order valence-electron chi connectivity index (χ0n) is 16.8. The zero-order valence-corrected chi connectivity index (χ0v) is 18.5. The van der Waals surface area contributed by atoms with Crippen LogP contribution in [0, 0.1) is 0 Å². The first kappa shape index (κ1) is 21.8. The number of carbonyl (C=O) groups is 1. The maximum atomic E-state index is 12.8. The van der Waals surface area contributed by atoms with Gasteiger partial charge in [0.2, 0.25) is 0 Å². The molecule has 1 heterocycles. The number of nitrogens with one attached hydrogen (secondary N) is 1. The third kappa shape index (κ3) is 4.63. The van der Waals surface area contributed by atoms with E-state index in [9.17, 15) is 13.2 Å². The molecule has 0 aliphatic carbocycles. The largest absolute Gasteiger partial charge is 0.497 e. The van der Waals surface area contributed by atoms with Crippen molar-refractivity contribution in [3.05, 3.63) is 53.4 Å². The van der Waals surface area contributed by atoms with Crippen LogP contribution in [0.3, 0.4) is 0 Å². The number of hydrogen-bond donors (Lipinski definition) is 1. The fourth-order valence-electron chi connectivity index (χ4n) is 2.94. The van der Waals surface area contributed by atoms with Gasteiger partial charge in [-0.25, -0.2) is 13.4 Å². The van der Waals surface area contributed by atoms with E-state index in [1.165, 1.54) is 23.5 Å². The summed E-state index contributed by atoms with van der Waals surface area (Å²) >= 11 is 1.23. The molecule has 1 amide bonds. The quantitative estimate of drug-likeness (QED) is 0.555. The SMILES string of the molecule is CCCS(=O)(=O)c1ccccc1C(=O)Nc1nc(-c2cc(OC)ccc2OC)cs1. The van der Waals surface area contributed by atoms with E-state index in [-0.39, 0.29) is 16.2 Å². The molecule has 0 aliphatic heterocycles. The average Bonchev–Trinajstić information content (AvgIpc) is 3.21. The Balaban J connectivity index is 1.89. The minimum atomic E-state index is -3.54. The molecule has 0 bridgehead atoms.